The summed E-state index contributed by atoms with van der Waals surface area (Å²) >= 11 is 0. The Morgan fingerprint density at radius 2 is 2.06 bits per heavy atom. The number of unbranched alkanes of at least 4 members (excludes halogenated alkanes) is 3. The predicted molar refractivity (Wildman–Crippen MR) is 73.3 cm³/mol. The van der Waals surface area contributed by atoms with Crippen molar-refractivity contribution < 1.29 is 9.53 Å². The zero-order chi connectivity index (χ0) is 13.0. The summed E-state index contributed by atoms with van der Waals surface area (Å²) in [5, 5.41) is 0. The molecule has 4 atom stereocenters. The van der Waals surface area contributed by atoms with E-state index in [-0.39, 0.29) is 18.0 Å². The van der Waals surface area contributed by atoms with Crippen LogP contribution in [-0.2, 0) is 9.53 Å². The van der Waals surface area contributed by atoms with E-state index in [1.807, 2.05) is 6.92 Å². The molecular formula is C16H28O2. The van der Waals surface area contributed by atoms with Gasteiger partial charge in [0.1, 0.15) is 6.10 Å². The third kappa shape index (κ3) is 3.49. The second-order valence-electron chi connectivity index (χ2n) is 6.40. The monoisotopic (exact) mass is 252 g/mol. The van der Waals surface area contributed by atoms with Gasteiger partial charge in [-0.3, -0.25) is 4.79 Å². The summed E-state index contributed by atoms with van der Waals surface area (Å²) in [5.41, 5.74) is 0. The van der Waals surface area contributed by atoms with Gasteiger partial charge in [0, 0.05) is 0 Å². The average molecular weight is 252 g/mol. The summed E-state index contributed by atoms with van der Waals surface area (Å²) in [6.45, 7) is 4.24. The summed E-state index contributed by atoms with van der Waals surface area (Å²) < 4.78 is 5.73. The molecule has 0 aromatic carbocycles. The van der Waals surface area contributed by atoms with Crippen molar-refractivity contribution in [2.24, 2.45) is 17.8 Å². The molecule has 18 heavy (non-hydrogen) atoms. The fraction of sp³-hybridized carbons (Fsp3) is 0.938. The van der Waals surface area contributed by atoms with Crippen molar-refractivity contribution in [1.29, 1.82) is 0 Å². The number of carbonyl (C=O) groups excluding carboxylic acids is 1. The fourth-order valence-electron chi connectivity index (χ4n) is 3.59. The molecule has 0 saturated heterocycles. The summed E-state index contributed by atoms with van der Waals surface area (Å²) in [6.07, 6.45) is 11.3. The topological polar surface area (TPSA) is 26.3 Å². The molecular weight excluding hydrogens is 224 g/mol. The lowest BCUT2D eigenvalue weighted by Gasteiger charge is -2.23. The van der Waals surface area contributed by atoms with E-state index in [1.54, 1.807) is 0 Å². The lowest BCUT2D eigenvalue weighted by molar-refractivity contribution is -0.156. The Morgan fingerprint density at radius 1 is 1.22 bits per heavy atom. The highest BCUT2D eigenvalue weighted by molar-refractivity contribution is 5.72. The molecule has 0 amide bonds. The maximum Gasteiger partial charge on any atom is 0.308 e. The van der Waals surface area contributed by atoms with Gasteiger partial charge in [-0.15, -0.1) is 0 Å². The van der Waals surface area contributed by atoms with Gasteiger partial charge < -0.3 is 4.74 Å². The third-order valence-electron chi connectivity index (χ3n) is 4.83. The van der Waals surface area contributed by atoms with Crippen molar-refractivity contribution in [1.82, 2.24) is 0 Å². The van der Waals surface area contributed by atoms with Gasteiger partial charge in [-0.2, -0.15) is 0 Å². The van der Waals surface area contributed by atoms with E-state index in [9.17, 15) is 4.79 Å². The fourth-order valence-corrected chi connectivity index (χ4v) is 3.59. The molecule has 2 heteroatoms. The first-order valence-corrected chi connectivity index (χ1v) is 7.91. The molecule has 104 valence electrons. The van der Waals surface area contributed by atoms with Crippen molar-refractivity contribution in [3.05, 3.63) is 0 Å². The highest BCUT2D eigenvalue weighted by atomic mass is 16.5. The van der Waals surface area contributed by atoms with Crippen LogP contribution in [0.1, 0.15) is 71.6 Å². The van der Waals surface area contributed by atoms with Gasteiger partial charge >= 0.3 is 5.97 Å². The van der Waals surface area contributed by atoms with Gasteiger partial charge in [-0.05, 0) is 43.9 Å². The molecule has 0 radical (unpaired) electrons. The normalized spacial score (nSPS) is 31.6. The number of hydrogen-bond donors (Lipinski definition) is 0. The quantitative estimate of drug-likeness (QED) is 0.498. The van der Waals surface area contributed by atoms with Gasteiger partial charge in [0.15, 0.2) is 0 Å². The van der Waals surface area contributed by atoms with Crippen LogP contribution in [0.25, 0.3) is 0 Å². The van der Waals surface area contributed by atoms with Crippen LogP contribution >= 0.6 is 0 Å². The van der Waals surface area contributed by atoms with Crippen LogP contribution in [0.4, 0.5) is 0 Å². The molecule has 4 unspecified atom stereocenters. The minimum atomic E-state index is 0.0593. The molecule has 0 aromatic heterocycles. The Labute approximate surface area is 111 Å². The van der Waals surface area contributed by atoms with Crippen LogP contribution in [0.3, 0.4) is 0 Å². The number of carbonyl (C=O) groups is 1. The van der Waals surface area contributed by atoms with E-state index in [0.717, 1.165) is 18.8 Å². The maximum absolute atomic E-state index is 12.0. The molecule has 2 nitrogen and oxygen atoms in total. The Hall–Kier alpha value is -0.530. The van der Waals surface area contributed by atoms with Gasteiger partial charge in [0.25, 0.3) is 0 Å². The Bertz CT molecular complexity index is 274. The van der Waals surface area contributed by atoms with E-state index in [4.69, 9.17) is 4.74 Å². The Kier molecular flexibility index (Phi) is 5.08. The number of esters is 1. The lowest BCUT2D eigenvalue weighted by atomic mass is 9.97. The zero-order valence-corrected chi connectivity index (χ0v) is 12.0. The number of ether oxygens (including phenoxy) is 1. The second kappa shape index (κ2) is 6.58. The largest absolute Gasteiger partial charge is 0.462 e. The molecule has 0 spiro atoms. The third-order valence-corrected chi connectivity index (χ3v) is 4.83. The van der Waals surface area contributed by atoms with Crippen LogP contribution in [-0.4, -0.2) is 12.1 Å². The lowest BCUT2D eigenvalue weighted by Crippen LogP contribution is -2.27. The van der Waals surface area contributed by atoms with Crippen molar-refractivity contribution in [3.8, 4) is 0 Å². The van der Waals surface area contributed by atoms with E-state index < -0.39 is 0 Å². The predicted octanol–water partition coefficient (Wildman–Crippen LogP) is 4.32. The molecule has 0 aliphatic heterocycles. The highest BCUT2D eigenvalue weighted by Gasteiger charge is 2.41. The van der Waals surface area contributed by atoms with Gasteiger partial charge in [0.2, 0.25) is 0 Å². The number of rotatable bonds is 7. The Balaban J connectivity index is 1.64. The summed E-state index contributed by atoms with van der Waals surface area (Å²) in [4.78, 5) is 12.0. The van der Waals surface area contributed by atoms with Gasteiger partial charge in [-0.1, -0.05) is 39.5 Å². The second-order valence-corrected chi connectivity index (χ2v) is 6.40. The average Bonchev–Trinajstić information content (AvgIpc) is 2.96. The van der Waals surface area contributed by atoms with Crippen LogP contribution in [0.2, 0.25) is 0 Å². The van der Waals surface area contributed by atoms with Crippen LogP contribution < -0.4 is 0 Å². The van der Waals surface area contributed by atoms with E-state index in [2.05, 4.69) is 6.92 Å². The summed E-state index contributed by atoms with van der Waals surface area (Å²) in [6, 6.07) is 0. The molecule has 0 aromatic rings. The van der Waals surface area contributed by atoms with Crippen LogP contribution in [0.15, 0.2) is 0 Å². The van der Waals surface area contributed by atoms with Crippen molar-refractivity contribution in [2.75, 3.05) is 0 Å². The van der Waals surface area contributed by atoms with Crippen LogP contribution in [0.5, 0.6) is 0 Å². The van der Waals surface area contributed by atoms with Gasteiger partial charge in [0.05, 0.1) is 5.92 Å². The van der Waals surface area contributed by atoms with E-state index >= 15 is 0 Å². The first kappa shape index (κ1) is 13.9. The first-order chi connectivity index (χ1) is 8.70. The minimum Gasteiger partial charge on any atom is -0.462 e. The molecule has 2 fully saturated rings. The highest BCUT2D eigenvalue weighted by Crippen LogP contribution is 2.46. The molecule has 2 bridgehead atoms. The maximum atomic E-state index is 12.0. The molecule has 2 saturated carbocycles. The molecule has 2 rings (SSSR count). The molecule has 0 N–H and O–H groups in total. The zero-order valence-electron chi connectivity index (χ0n) is 12.0. The van der Waals surface area contributed by atoms with Crippen molar-refractivity contribution in [3.63, 3.8) is 0 Å². The summed E-state index contributed by atoms with van der Waals surface area (Å²) in [5.74, 6) is 1.70. The van der Waals surface area contributed by atoms with Crippen molar-refractivity contribution in [2.45, 2.75) is 77.7 Å². The standard InChI is InChI=1S/C16H28O2/c1-3-4-5-6-7-12(2)16(17)18-15-11-13-8-9-14(15)10-13/h12-15H,3-11H2,1-2H3. The minimum absolute atomic E-state index is 0.0593. The number of hydrogen-bond acceptors (Lipinski definition) is 2. The summed E-state index contributed by atoms with van der Waals surface area (Å²) in [7, 11) is 0. The van der Waals surface area contributed by atoms with Gasteiger partial charge in [-0.25, -0.2) is 0 Å². The number of fused-ring (bicyclic) bond motifs is 2. The Morgan fingerprint density at radius 3 is 2.67 bits per heavy atom. The van der Waals surface area contributed by atoms with E-state index in [1.165, 1.54) is 44.9 Å². The van der Waals surface area contributed by atoms with Crippen LogP contribution in [0, 0.1) is 17.8 Å². The van der Waals surface area contributed by atoms with E-state index in [0.29, 0.717) is 5.92 Å². The molecule has 0 heterocycles. The first-order valence-electron chi connectivity index (χ1n) is 7.91. The SMILES string of the molecule is CCCCCCC(C)C(=O)OC1CC2CCC1C2. The van der Waals surface area contributed by atoms with Crippen molar-refractivity contribution >= 4 is 5.97 Å². The smallest absolute Gasteiger partial charge is 0.308 e. The molecule has 2 aliphatic carbocycles. The molecule has 2 aliphatic rings.